The van der Waals surface area contributed by atoms with Gasteiger partial charge in [-0.25, -0.2) is 9.97 Å². The molecule has 2 fully saturated rings. The molecule has 0 aliphatic carbocycles. The van der Waals surface area contributed by atoms with Crippen LogP contribution in [0.5, 0.6) is 0 Å². The quantitative estimate of drug-likeness (QED) is 0.855. The second-order valence-electron chi connectivity index (χ2n) is 6.45. The highest BCUT2D eigenvalue weighted by atomic mass is 16.5. The number of hydrogen-bond donors (Lipinski definition) is 1. The average Bonchev–Trinajstić information content (AvgIpc) is 3.27. The standard InChI is InChI=1S/C16H24N6O2/c1-21-16-13(8-20-21)15(18-11-19-16)17-9-14(12-2-5-24-10-12)22-3-6-23-7-4-22/h8,11-12,14H,2-7,9-10H2,1H3,(H,17,18,19)/t12-,14+/m1/s1. The van der Waals surface area contributed by atoms with Crippen molar-refractivity contribution in [3.63, 3.8) is 0 Å². The Balaban J connectivity index is 1.51. The summed E-state index contributed by atoms with van der Waals surface area (Å²) in [7, 11) is 1.89. The van der Waals surface area contributed by atoms with E-state index in [2.05, 4.69) is 25.3 Å². The van der Waals surface area contributed by atoms with Crippen LogP contribution in [0.2, 0.25) is 0 Å². The molecule has 0 saturated carbocycles. The molecule has 0 aromatic carbocycles. The van der Waals surface area contributed by atoms with Crippen molar-refractivity contribution in [2.45, 2.75) is 12.5 Å². The van der Waals surface area contributed by atoms with Crippen LogP contribution in [0.15, 0.2) is 12.5 Å². The molecule has 8 heteroatoms. The average molecular weight is 332 g/mol. The van der Waals surface area contributed by atoms with E-state index in [9.17, 15) is 0 Å². The van der Waals surface area contributed by atoms with Gasteiger partial charge in [0.05, 0.1) is 31.4 Å². The lowest BCUT2D eigenvalue weighted by atomic mass is 9.97. The van der Waals surface area contributed by atoms with Crippen LogP contribution in [0.4, 0.5) is 5.82 Å². The van der Waals surface area contributed by atoms with Gasteiger partial charge in [0, 0.05) is 45.2 Å². The van der Waals surface area contributed by atoms with Gasteiger partial charge in [-0.1, -0.05) is 0 Å². The zero-order valence-electron chi connectivity index (χ0n) is 14.0. The number of hydrogen-bond acceptors (Lipinski definition) is 7. The molecule has 2 atom stereocenters. The van der Waals surface area contributed by atoms with E-state index in [1.807, 2.05) is 13.2 Å². The minimum absolute atomic E-state index is 0.429. The number of ether oxygens (including phenoxy) is 2. The third-order valence-electron chi connectivity index (χ3n) is 5.03. The number of morpholine rings is 1. The molecule has 2 aliphatic heterocycles. The van der Waals surface area contributed by atoms with Gasteiger partial charge in [-0.3, -0.25) is 9.58 Å². The summed E-state index contributed by atoms with van der Waals surface area (Å²) in [5, 5.41) is 8.77. The largest absolute Gasteiger partial charge is 0.381 e. The van der Waals surface area contributed by atoms with Gasteiger partial charge in [0.25, 0.3) is 0 Å². The first kappa shape index (κ1) is 15.7. The van der Waals surface area contributed by atoms with Gasteiger partial charge in [-0.15, -0.1) is 0 Å². The molecule has 0 bridgehead atoms. The van der Waals surface area contributed by atoms with Crippen molar-refractivity contribution >= 4 is 16.9 Å². The second-order valence-corrected chi connectivity index (χ2v) is 6.45. The zero-order chi connectivity index (χ0) is 16.4. The fourth-order valence-corrected chi connectivity index (χ4v) is 3.66. The first-order valence-corrected chi connectivity index (χ1v) is 8.59. The van der Waals surface area contributed by atoms with E-state index < -0.39 is 0 Å². The maximum atomic E-state index is 5.63. The molecule has 4 heterocycles. The predicted octanol–water partition coefficient (Wildman–Crippen LogP) is 0.513. The maximum absolute atomic E-state index is 5.63. The van der Waals surface area contributed by atoms with Gasteiger partial charge in [-0.2, -0.15) is 5.10 Å². The number of nitrogens with one attached hydrogen (secondary N) is 1. The lowest BCUT2D eigenvalue weighted by Crippen LogP contribution is -2.50. The SMILES string of the molecule is Cn1ncc2c(NC[C@@H]([C@@H]3CCOC3)N3CCOCC3)ncnc21. The van der Waals surface area contributed by atoms with Crippen LogP contribution in [0, 0.1) is 5.92 Å². The molecule has 2 aromatic heterocycles. The summed E-state index contributed by atoms with van der Waals surface area (Å²) in [5.41, 5.74) is 0.847. The minimum atomic E-state index is 0.429. The summed E-state index contributed by atoms with van der Waals surface area (Å²) in [6.07, 6.45) is 4.53. The monoisotopic (exact) mass is 332 g/mol. The third kappa shape index (κ3) is 3.09. The van der Waals surface area contributed by atoms with E-state index in [1.165, 1.54) is 0 Å². The molecular formula is C16H24N6O2. The molecule has 2 saturated heterocycles. The van der Waals surface area contributed by atoms with E-state index in [0.29, 0.717) is 12.0 Å². The summed E-state index contributed by atoms with van der Waals surface area (Å²) < 4.78 is 12.9. The number of rotatable bonds is 5. The maximum Gasteiger partial charge on any atom is 0.163 e. The molecule has 8 nitrogen and oxygen atoms in total. The Labute approximate surface area is 141 Å². The Bertz CT molecular complexity index is 678. The lowest BCUT2D eigenvalue weighted by Gasteiger charge is -2.37. The Morgan fingerprint density at radius 2 is 2.12 bits per heavy atom. The molecule has 130 valence electrons. The number of anilines is 1. The van der Waals surface area contributed by atoms with Gasteiger partial charge in [0.15, 0.2) is 5.65 Å². The first-order chi connectivity index (χ1) is 11.8. The molecule has 0 amide bonds. The van der Waals surface area contributed by atoms with Crippen molar-refractivity contribution in [2.24, 2.45) is 13.0 Å². The fraction of sp³-hybridized carbons (Fsp3) is 0.688. The minimum Gasteiger partial charge on any atom is -0.381 e. The Morgan fingerprint density at radius 1 is 1.25 bits per heavy atom. The van der Waals surface area contributed by atoms with Crippen LogP contribution in [0.25, 0.3) is 11.0 Å². The Morgan fingerprint density at radius 3 is 2.92 bits per heavy atom. The van der Waals surface area contributed by atoms with Crippen LogP contribution < -0.4 is 5.32 Å². The van der Waals surface area contributed by atoms with Gasteiger partial charge < -0.3 is 14.8 Å². The third-order valence-corrected chi connectivity index (χ3v) is 5.03. The van der Waals surface area contributed by atoms with Crippen molar-refractivity contribution in [2.75, 3.05) is 51.4 Å². The van der Waals surface area contributed by atoms with Gasteiger partial charge in [-0.05, 0) is 6.42 Å². The number of nitrogens with zero attached hydrogens (tertiary/aromatic N) is 5. The van der Waals surface area contributed by atoms with Crippen LogP contribution in [-0.4, -0.2) is 76.8 Å². The number of aryl methyl sites for hydroxylation is 1. The molecule has 2 aliphatic rings. The van der Waals surface area contributed by atoms with Gasteiger partial charge in [0.2, 0.25) is 0 Å². The molecular weight excluding hydrogens is 308 g/mol. The molecule has 0 radical (unpaired) electrons. The molecule has 0 spiro atoms. The smallest absolute Gasteiger partial charge is 0.163 e. The summed E-state index contributed by atoms with van der Waals surface area (Å²) >= 11 is 0. The zero-order valence-corrected chi connectivity index (χ0v) is 14.0. The Hall–Kier alpha value is -1.77. The normalized spacial score (nSPS) is 23.6. The van der Waals surface area contributed by atoms with Crippen molar-refractivity contribution in [3.8, 4) is 0 Å². The predicted molar refractivity (Wildman–Crippen MR) is 89.9 cm³/mol. The highest BCUT2D eigenvalue weighted by Gasteiger charge is 2.31. The molecule has 1 N–H and O–H groups in total. The van der Waals surface area contributed by atoms with Crippen LogP contribution >= 0.6 is 0 Å². The van der Waals surface area contributed by atoms with E-state index in [4.69, 9.17) is 9.47 Å². The molecule has 4 rings (SSSR count). The fourth-order valence-electron chi connectivity index (χ4n) is 3.66. The Kier molecular flexibility index (Phi) is 4.59. The number of fused-ring (bicyclic) bond motifs is 1. The summed E-state index contributed by atoms with van der Waals surface area (Å²) in [4.78, 5) is 11.2. The first-order valence-electron chi connectivity index (χ1n) is 8.59. The lowest BCUT2D eigenvalue weighted by molar-refractivity contribution is 0.00460. The van der Waals surface area contributed by atoms with Gasteiger partial charge in [0.1, 0.15) is 12.1 Å². The van der Waals surface area contributed by atoms with Crippen molar-refractivity contribution in [3.05, 3.63) is 12.5 Å². The summed E-state index contributed by atoms with van der Waals surface area (Å²) in [5.74, 6) is 1.41. The molecule has 24 heavy (non-hydrogen) atoms. The highest BCUT2D eigenvalue weighted by molar-refractivity contribution is 5.85. The van der Waals surface area contributed by atoms with E-state index in [1.54, 1.807) is 11.0 Å². The highest BCUT2D eigenvalue weighted by Crippen LogP contribution is 2.24. The summed E-state index contributed by atoms with van der Waals surface area (Å²) in [6, 6.07) is 0.429. The van der Waals surface area contributed by atoms with Crippen molar-refractivity contribution < 1.29 is 9.47 Å². The second kappa shape index (κ2) is 7.00. The molecule has 0 unspecified atom stereocenters. The van der Waals surface area contributed by atoms with E-state index in [0.717, 1.165) is 69.3 Å². The van der Waals surface area contributed by atoms with E-state index >= 15 is 0 Å². The van der Waals surface area contributed by atoms with Gasteiger partial charge >= 0.3 is 0 Å². The number of aromatic nitrogens is 4. The van der Waals surface area contributed by atoms with E-state index in [-0.39, 0.29) is 0 Å². The molecule has 2 aromatic rings. The van der Waals surface area contributed by atoms with Crippen molar-refractivity contribution in [1.29, 1.82) is 0 Å². The van der Waals surface area contributed by atoms with Crippen LogP contribution in [0.3, 0.4) is 0 Å². The van der Waals surface area contributed by atoms with Crippen LogP contribution in [0.1, 0.15) is 6.42 Å². The summed E-state index contributed by atoms with van der Waals surface area (Å²) in [6.45, 7) is 6.13. The topological polar surface area (TPSA) is 77.3 Å². The van der Waals surface area contributed by atoms with Crippen molar-refractivity contribution in [1.82, 2.24) is 24.6 Å². The van der Waals surface area contributed by atoms with Crippen LogP contribution in [-0.2, 0) is 16.5 Å².